The van der Waals surface area contributed by atoms with Gasteiger partial charge in [-0.25, -0.2) is 9.59 Å². The van der Waals surface area contributed by atoms with Crippen molar-refractivity contribution in [3.8, 4) is 0 Å². The molecule has 1 atom stereocenters. The Kier molecular flexibility index (Phi) is 4.81. The van der Waals surface area contributed by atoms with Crippen LogP contribution < -0.4 is 16.6 Å². The molecule has 0 amide bonds. The normalized spacial score (nSPS) is 15.7. The third kappa shape index (κ3) is 2.99. The van der Waals surface area contributed by atoms with Gasteiger partial charge in [-0.3, -0.25) is 18.9 Å². The first-order chi connectivity index (χ1) is 12.9. The van der Waals surface area contributed by atoms with E-state index in [1.165, 1.54) is 17.7 Å². The molecule has 0 fully saturated rings. The van der Waals surface area contributed by atoms with Crippen LogP contribution in [-0.2, 0) is 23.6 Å². The van der Waals surface area contributed by atoms with Crippen LogP contribution in [-0.4, -0.2) is 26.7 Å². The molecular weight excluding hydrogens is 348 g/mol. The van der Waals surface area contributed by atoms with Crippen LogP contribution >= 0.6 is 0 Å². The van der Waals surface area contributed by atoms with Crippen molar-refractivity contribution in [2.45, 2.75) is 12.8 Å². The molecule has 3 rings (SSSR count). The second-order valence-corrected chi connectivity index (χ2v) is 6.24. The van der Waals surface area contributed by atoms with E-state index in [-0.39, 0.29) is 6.61 Å². The fraction of sp³-hybridized carbons (Fsp3) is 0.263. The Hall–Kier alpha value is -3.42. The fourth-order valence-electron chi connectivity index (χ4n) is 3.25. The number of fused-ring (bicyclic) bond motifs is 1. The molecule has 0 bridgehead atoms. The number of nitrogens with zero attached hydrogens (tertiary/aromatic N) is 3. The fourth-order valence-corrected chi connectivity index (χ4v) is 3.25. The van der Waals surface area contributed by atoms with E-state index in [0.29, 0.717) is 28.2 Å². The summed E-state index contributed by atoms with van der Waals surface area (Å²) < 4.78 is 7.62. The van der Waals surface area contributed by atoms with Crippen LogP contribution in [0.3, 0.4) is 0 Å². The Morgan fingerprint density at radius 3 is 2.74 bits per heavy atom. The van der Waals surface area contributed by atoms with Gasteiger partial charge in [-0.05, 0) is 18.6 Å². The lowest BCUT2D eigenvalue weighted by molar-refractivity contribution is -0.138. The Balaban J connectivity index is 2.33. The summed E-state index contributed by atoms with van der Waals surface area (Å²) in [5.74, 6) is -0.914. The third-order valence-electron chi connectivity index (χ3n) is 4.56. The van der Waals surface area contributed by atoms with Crippen molar-refractivity contribution in [1.29, 1.82) is 0 Å². The van der Waals surface area contributed by atoms with E-state index in [4.69, 9.17) is 4.74 Å². The van der Waals surface area contributed by atoms with Crippen molar-refractivity contribution in [3.05, 3.63) is 80.4 Å². The zero-order valence-electron chi connectivity index (χ0n) is 15.4. The molecule has 1 aliphatic rings. The number of rotatable bonds is 4. The van der Waals surface area contributed by atoms with Gasteiger partial charge in [0.15, 0.2) is 0 Å². The summed E-state index contributed by atoms with van der Waals surface area (Å²) in [5.41, 5.74) is 0.823. The number of hydrogen-bond acceptors (Lipinski definition) is 6. The van der Waals surface area contributed by atoms with Crippen LogP contribution in [0.2, 0.25) is 0 Å². The topological polar surface area (TPSA) is 95.2 Å². The summed E-state index contributed by atoms with van der Waals surface area (Å²) in [6.07, 6.45) is 4.68. The number of anilines is 1. The lowest BCUT2D eigenvalue weighted by atomic mass is 9.83. The summed E-state index contributed by atoms with van der Waals surface area (Å²) in [7, 11) is 2.98. The number of ether oxygens (including phenoxy) is 1. The molecule has 8 nitrogen and oxygen atoms in total. The van der Waals surface area contributed by atoms with Gasteiger partial charge in [-0.2, -0.15) is 0 Å². The molecule has 1 N–H and O–H groups in total. The number of nitrogens with one attached hydrogen (secondary N) is 1. The largest absolute Gasteiger partial charge is 0.458 e. The van der Waals surface area contributed by atoms with E-state index >= 15 is 0 Å². The second kappa shape index (κ2) is 7.06. The number of esters is 1. The molecule has 0 aliphatic carbocycles. The van der Waals surface area contributed by atoms with Gasteiger partial charge in [0, 0.05) is 32.2 Å². The minimum atomic E-state index is -0.710. The van der Waals surface area contributed by atoms with Gasteiger partial charge in [0.25, 0.3) is 5.56 Å². The summed E-state index contributed by atoms with van der Waals surface area (Å²) >= 11 is 0. The molecular formula is C19H20N4O4. The van der Waals surface area contributed by atoms with Gasteiger partial charge < -0.3 is 10.1 Å². The lowest BCUT2D eigenvalue weighted by Gasteiger charge is -2.30. The van der Waals surface area contributed by atoms with E-state index in [1.54, 1.807) is 38.5 Å². The maximum absolute atomic E-state index is 13.0. The number of hydrogen-bond donors (Lipinski definition) is 1. The van der Waals surface area contributed by atoms with Gasteiger partial charge in [0.05, 0.1) is 17.1 Å². The highest BCUT2D eigenvalue weighted by atomic mass is 16.5. The third-order valence-corrected chi connectivity index (χ3v) is 4.56. The average molecular weight is 368 g/mol. The molecule has 8 heteroatoms. The predicted octanol–water partition coefficient (Wildman–Crippen LogP) is 1.04. The van der Waals surface area contributed by atoms with Crippen molar-refractivity contribution in [2.24, 2.45) is 14.1 Å². The maximum Gasteiger partial charge on any atom is 0.337 e. The Morgan fingerprint density at radius 1 is 1.37 bits per heavy atom. The molecule has 0 saturated carbocycles. The van der Waals surface area contributed by atoms with Gasteiger partial charge in [-0.1, -0.05) is 18.7 Å². The summed E-state index contributed by atoms with van der Waals surface area (Å²) in [6.45, 7) is 5.30. The van der Waals surface area contributed by atoms with E-state index in [1.807, 2.05) is 0 Å². The average Bonchev–Trinajstić information content (AvgIpc) is 2.68. The first-order valence-corrected chi connectivity index (χ1v) is 8.34. The van der Waals surface area contributed by atoms with Gasteiger partial charge in [0.2, 0.25) is 0 Å². The SMILES string of the molecule is C=CCOC(=O)C1=C(C)Nc2c(c(=O)n(C)c(=O)n2C)[C@H]1c1cccnc1. The highest BCUT2D eigenvalue weighted by Gasteiger charge is 2.37. The lowest BCUT2D eigenvalue weighted by Crippen LogP contribution is -2.43. The zero-order chi connectivity index (χ0) is 19.7. The minimum Gasteiger partial charge on any atom is -0.458 e. The first-order valence-electron chi connectivity index (χ1n) is 8.34. The van der Waals surface area contributed by atoms with Gasteiger partial charge in [-0.15, -0.1) is 0 Å². The molecule has 0 saturated heterocycles. The predicted molar refractivity (Wildman–Crippen MR) is 100 cm³/mol. The minimum absolute atomic E-state index is 0.0491. The van der Waals surface area contributed by atoms with Crippen molar-refractivity contribution >= 4 is 11.8 Å². The van der Waals surface area contributed by atoms with E-state index in [2.05, 4.69) is 16.9 Å². The monoisotopic (exact) mass is 368 g/mol. The van der Waals surface area contributed by atoms with Crippen LogP contribution in [0.15, 0.2) is 58.0 Å². The summed E-state index contributed by atoms with van der Waals surface area (Å²) in [4.78, 5) is 42.1. The highest BCUT2D eigenvalue weighted by molar-refractivity contribution is 5.94. The Morgan fingerprint density at radius 2 is 2.11 bits per heavy atom. The van der Waals surface area contributed by atoms with Gasteiger partial charge in [0.1, 0.15) is 12.4 Å². The van der Waals surface area contributed by atoms with Crippen LogP contribution in [0.5, 0.6) is 0 Å². The van der Waals surface area contributed by atoms with E-state index in [0.717, 1.165) is 4.57 Å². The van der Waals surface area contributed by atoms with Crippen LogP contribution in [0.25, 0.3) is 0 Å². The van der Waals surface area contributed by atoms with Crippen molar-refractivity contribution in [1.82, 2.24) is 14.1 Å². The number of carbonyl (C=O) groups excluding carboxylic acids is 1. The molecule has 27 heavy (non-hydrogen) atoms. The number of pyridine rings is 1. The molecule has 0 unspecified atom stereocenters. The molecule has 1 aliphatic heterocycles. The number of allylic oxidation sites excluding steroid dienone is 1. The number of aromatic nitrogens is 3. The number of carbonyl (C=O) groups is 1. The van der Waals surface area contributed by atoms with Crippen LogP contribution in [0, 0.1) is 0 Å². The molecule has 2 aromatic heterocycles. The first kappa shape index (κ1) is 18.4. The Labute approximate surface area is 155 Å². The van der Waals surface area contributed by atoms with E-state index < -0.39 is 23.1 Å². The molecule has 0 radical (unpaired) electrons. The zero-order valence-corrected chi connectivity index (χ0v) is 15.4. The van der Waals surface area contributed by atoms with Crippen LogP contribution in [0.1, 0.15) is 24.0 Å². The maximum atomic E-state index is 13.0. The molecule has 0 spiro atoms. The quantitative estimate of drug-likeness (QED) is 0.640. The highest BCUT2D eigenvalue weighted by Crippen LogP contribution is 2.39. The van der Waals surface area contributed by atoms with Crippen molar-refractivity contribution < 1.29 is 9.53 Å². The summed E-state index contributed by atoms with van der Waals surface area (Å²) in [5, 5.41) is 3.03. The second-order valence-electron chi connectivity index (χ2n) is 6.24. The van der Waals surface area contributed by atoms with Crippen LogP contribution in [0.4, 0.5) is 5.82 Å². The smallest absolute Gasteiger partial charge is 0.337 e. The van der Waals surface area contributed by atoms with Crippen molar-refractivity contribution in [3.63, 3.8) is 0 Å². The summed E-state index contributed by atoms with van der Waals surface area (Å²) in [6, 6.07) is 3.51. The standard InChI is InChI=1S/C19H20N4O4/c1-5-9-27-18(25)13-11(2)21-16-15(14(13)12-7-6-8-20-10-12)17(24)23(4)19(26)22(16)3/h5-8,10,14,21H,1,9H2,2-4H3/t14-/m0/s1. The molecule has 140 valence electrons. The van der Waals surface area contributed by atoms with Crippen molar-refractivity contribution in [2.75, 3.05) is 11.9 Å². The molecule has 2 aromatic rings. The Bertz CT molecular complexity index is 1060. The molecule has 3 heterocycles. The van der Waals surface area contributed by atoms with Gasteiger partial charge >= 0.3 is 11.7 Å². The van der Waals surface area contributed by atoms with E-state index in [9.17, 15) is 14.4 Å². The molecule has 0 aromatic carbocycles.